The molecule has 2 heterocycles. The molecule has 4 rings (SSSR count). The van der Waals surface area contributed by atoms with Crippen LogP contribution in [0.2, 0.25) is 0 Å². The highest BCUT2D eigenvalue weighted by Crippen LogP contribution is 2.30. The van der Waals surface area contributed by atoms with E-state index in [0.717, 1.165) is 15.0 Å². The third-order valence-electron chi connectivity index (χ3n) is 3.64. The second-order valence-electron chi connectivity index (χ2n) is 5.50. The molecule has 4 aromatic rings. The lowest BCUT2D eigenvalue weighted by atomic mass is 10.2. The molecule has 0 fully saturated rings. The van der Waals surface area contributed by atoms with E-state index in [2.05, 4.69) is 26.0 Å². The number of anilines is 1. The van der Waals surface area contributed by atoms with Crippen LogP contribution in [0, 0.1) is 5.82 Å². The Morgan fingerprint density at radius 3 is 2.78 bits per heavy atom. The lowest BCUT2D eigenvalue weighted by molar-refractivity contribution is 0.0961. The molecule has 0 saturated carbocycles. The van der Waals surface area contributed by atoms with Crippen LogP contribution in [-0.4, -0.2) is 17.1 Å². The highest BCUT2D eigenvalue weighted by Gasteiger charge is 2.23. The van der Waals surface area contributed by atoms with Gasteiger partial charge in [0.25, 0.3) is 0 Å². The van der Waals surface area contributed by atoms with Crippen LogP contribution in [0.25, 0.3) is 10.2 Å². The van der Waals surface area contributed by atoms with Crippen molar-refractivity contribution in [3.8, 4) is 0 Å². The van der Waals surface area contributed by atoms with Gasteiger partial charge in [-0.2, -0.15) is 10.1 Å². The van der Waals surface area contributed by atoms with Crippen molar-refractivity contribution in [2.45, 2.75) is 0 Å². The molecule has 0 N–H and O–H groups in total. The molecule has 0 bridgehead atoms. The van der Waals surface area contributed by atoms with Gasteiger partial charge in [-0.25, -0.2) is 9.37 Å². The molecule has 0 aliphatic rings. The Balaban J connectivity index is 1.74. The first-order valence-electron chi connectivity index (χ1n) is 7.84. The fourth-order valence-corrected chi connectivity index (χ4v) is 3.55. The van der Waals surface area contributed by atoms with Gasteiger partial charge >= 0.3 is 5.91 Å². The van der Waals surface area contributed by atoms with Gasteiger partial charge in [0.2, 0.25) is 5.13 Å². The minimum Gasteiger partial charge on any atom is -0.459 e. The monoisotopic (exact) mass is 443 g/mol. The van der Waals surface area contributed by atoms with E-state index in [9.17, 15) is 9.18 Å². The first kappa shape index (κ1) is 17.6. The van der Waals surface area contributed by atoms with Gasteiger partial charge in [-0.05, 0) is 48.0 Å². The lowest BCUT2D eigenvalue weighted by Crippen LogP contribution is -2.25. The minimum absolute atomic E-state index is 0.133. The number of thiazole rings is 1. The molecule has 0 spiro atoms. The number of rotatable bonds is 4. The van der Waals surface area contributed by atoms with Gasteiger partial charge in [0.1, 0.15) is 5.82 Å². The summed E-state index contributed by atoms with van der Waals surface area (Å²) in [5.41, 5.74) is 1.40. The van der Waals surface area contributed by atoms with Crippen LogP contribution in [0.4, 0.5) is 9.52 Å². The van der Waals surface area contributed by atoms with Gasteiger partial charge in [0.05, 0.1) is 22.7 Å². The van der Waals surface area contributed by atoms with Crippen molar-refractivity contribution in [3.05, 3.63) is 82.5 Å². The third kappa shape index (κ3) is 3.81. The molecule has 2 aromatic carbocycles. The summed E-state index contributed by atoms with van der Waals surface area (Å²) in [6.07, 6.45) is 2.97. The van der Waals surface area contributed by atoms with E-state index < -0.39 is 5.91 Å². The zero-order valence-electron chi connectivity index (χ0n) is 13.7. The molecule has 2 aromatic heterocycles. The molecule has 0 unspecified atom stereocenters. The van der Waals surface area contributed by atoms with E-state index in [1.807, 2.05) is 24.3 Å². The first-order chi connectivity index (χ1) is 13.1. The number of carbonyl (C=O) groups is 1. The smallest absolute Gasteiger partial charge is 0.316 e. The third-order valence-corrected chi connectivity index (χ3v) is 5.16. The topological polar surface area (TPSA) is 58.7 Å². The van der Waals surface area contributed by atoms with E-state index >= 15 is 0 Å². The SMILES string of the molecule is O=C(c1ccco1)N(/N=C/c1ccc(Br)cc1)c1nc2ccc(F)cc2s1. The van der Waals surface area contributed by atoms with Crippen LogP contribution >= 0.6 is 27.3 Å². The standard InChI is InChI=1S/C19H11BrFN3O2S/c20-13-5-3-12(4-6-13)11-22-24(18(25)16-2-1-9-26-16)19-23-15-8-7-14(21)10-17(15)27-19/h1-11H/b22-11+. The summed E-state index contributed by atoms with van der Waals surface area (Å²) in [5.74, 6) is -0.693. The van der Waals surface area contributed by atoms with Crippen molar-refractivity contribution in [2.75, 3.05) is 5.01 Å². The van der Waals surface area contributed by atoms with Crippen molar-refractivity contribution in [1.29, 1.82) is 0 Å². The average molecular weight is 444 g/mol. The van der Waals surface area contributed by atoms with Crippen LogP contribution in [-0.2, 0) is 0 Å². The number of fused-ring (bicyclic) bond motifs is 1. The first-order valence-corrected chi connectivity index (χ1v) is 9.45. The summed E-state index contributed by atoms with van der Waals surface area (Å²) in [5, 5.41) is 5.79. The highest BCUT2D eigenvalue weighted by atomic mass is 79.9. The normalized spacial score (nSPS) is 11.3. The summed E-state index contributed by atoms with van der Waals surface area (Å²) in [7, 11) is 0. The highest BCUT2D eigenvalue weighted by molar-refractivity contribution is 9.10. The number of nitrogens with zero attached hydrogens (tertiary/aromatic N) is 3. The van der Waals surface area contributed by atoms with Gasteiger partial charge in [-0.3, -0.25) is 4.79 Å². The molecular weight excluding hydrogens is 433 g/mol. The van der Waals surface area contributed by atoms with Gasteiger partial charge in [-0.1, -0.05) is 39.4 Å². The molecule has 0 aliphatic heterocycles. The fraction of sp³-hybridized carbons (Fsp3) is 0. The minimum atomic E-state index is -0.465. The number of carbonyl (C=O) groups excluding carboxylic acids is 1. The van der Waals surface area contributed by atoms with E-state index in [1.54, 1.807) is 24.4 Å². The number of furan rings is 1. The Morgan fingerprint density at radius 2 is 2.04 bits per heavy atom. The van der Waals surface area contributed by atoms with E-state index in [0.29, 0.717) is 15.3 Å². The summed E-state index contributed by atoms with van der Waals surface area (Å²) in [6, 6.07) is 14.9. The van der Waals surface area contributed by atoms with Crippen molar-refractivity contribution in [1.82, 2.24) is 4.98 Å². The maximum Gasteiger partial charge on any atom is 0.316 e. The molecule has 5 nitrogen and oxygen atoms in total. The summed E-state index contributed by atoms with van der Waals surface area (Å²) >= 11 is 4.55. The van der Waals surface area contributed by atoms with Crippen molar-refractivity contribution in [3.63, 3.8) is 0 Å². The number of hydrogen-bond donors (Lipinski definition) is 0. The van der Waals surface area contributed by atoms with E-state index in [1.165, 1.54) is 29.7 Å². The Hall–Kier alpha value is -2.84. The molecule has 0 saturated heterocycles. The largest absolute Gasteiger partial charge is 0.459 e. The maximum absolute atomic E-state index is 13.5. The van der Waals surface area contributed by atoms with Gasteiger partial charge in [0.15, 0.2) is 5.76 Å². The van der Waals surface area contributed by atoms with Crippen molar-refractivity contribution < 1.29 is 13.6 Å². The Labute approximate surface area is 165 Å². The second kappa shape index (κ2) is 7.42. The summed E-state index contributed by atoms with van der Waals surface area (Å²) in [4.78, 5) is 17.2. The lowest BCUT2D eigenvalue weighted by Gasteiger charge is -2.11. The Bertz CT molecular complexity index is 1120. The zero-order chi connectivity index (χ0) is 18.8. The number of benzene rings is 2. The van der Waals surface area contributed by atoms with Gasteiger partial charge < -0.3 is 4.42 Å². The van der Waals surface area contributed by atoms with Crippen molar-refractivity contribution in [2.24, 2.45) is 5.10 Å². The number of halogens is 2. The number of amides is 1. The predicted molar refractivity (Wildman–Crippen MR) is 107 cm³/mol. The van der Waals surface area contributed by atoms with Crippen LogP contribution in [0.1, 0.15) is 16.1 Å². The van der Waals surface area contributed by atoms with E-state index in [4.69, 9.17) is 4.42 Å². The van der Waals surface area contributed by atoms with Crippen LogP contribution in [0.3, 0.4) is 0 Å². The second-order valence-corrected chi connectivity index (χ2v) is 7.42. The molecular formula is C19H11BrFN3O2S. The fourth-order valence-electron chi connectivity index (χ4n) is 2.34. The summed E-state index contributed by atoms with van der Waals surface area (Å²) in [6.45, 7) is 0. The van der Waals surface area contributed by atoms with E-state index in [-0.39, 0.29) is 11.6 Å². The van der Waals surface area contributed by atoms with Gasteiger partial charge in [0, 0.05) is 4.47 Å². The Morgan fingerprint density at radius 1 is 1.22 bits per heavy atom. The predicted octanol–water partition coefficient (Wildman–Crippen LogP) is 5.47. The van der Waals surface area contributed by atoms with Crippen molar-refractivity contribution >= 4 is 54.7 Å². The summed E-state index contributed by atoms with van der Waals surface area (Å²) < 4.78 is 20.3. The van der Waals surface area contributed by atoms with Crippen LogP contribution < -0.4 is 5.01 Å². The molecule has 27 heavy (non-hydrogen) atoms. The molecule has 0 radical (unpaired) electrons. The number of hydrogen-bond acceptors (Lipinski definition) is 5. The zero-order valence-corrected chi connectivity index (χ0v) is 16.1. The molecule has 134 valence electrons. The van der Waals surface area contributed by atoms with Gasteiger partial charge in [-0.15, -0.1) is 0 Å². The quantitative estimate of drug-likeness (QED) is 0.310. The average Bonchev–Trinajstić information content (AvgIpc) is 3.32. The molecule has 0 atom stereocenters. The van der Waals surface area contributed by atoms with Crippen LogP contribution in [0.5, 0.6) is 0 Å². The Kier molecular flexibility index (Phi) is 4.83. The molecule has 1 amide bonds. The number of aromatic nitrogens is 1. The molecule has 8 heteroatoms. The number of hydrazone groups is 1. The van der Waals surface area contributed by atoms with Crippen LogP contribution in [0.15, 0.2) is 74.9 Å². The maximum atomic E-state index is 13.5. The molecule has 0 aliphatic carbocycles.